The molecule has 24 heavy (non-hydrogen) atoms. The zero-order valence-corrected chi connectivity index (χ0v) is 12.8. The minimum absolute atomic E-state index is 0.198. The lowest BCUT2D eigenvalue weighted by Crippen LogP contribution is -2.10. The van der Waals surface area contributed by atoms with E-state index in [1.807, 2.05) is 24.3 Å². The van der Waals surface area contributed by atoms with Crippen LogP contribution in [0, 0.1) is 0 Å². The molecular formula is C18H13N3O3. The van der Waals surface area contributed by atoms with Crippen molar-refractivity contribution in [3.05, 3.63) is 60.6 Å². The molecule has 0 aliphatic carbocycles. The van der Waals surface area contributed by atoms with Crippen LogP contribution in [0.1, 0.15) is 10.6 Å². The van der Waals surface area contributed by atoms with E-state index in [2.05, 4.69) is 15.3 Å². The van der Waals surface area contributed by atoms with Crippen molar-refractivity contribution in [3.8, 4) is 5.75 Å². The molecule has 0 bridgehead atoms. The fourth-order valence-electron chi connectivity index (χ4n) is 2.47. The van der Waals surface area contributed by atoms with E-state index in [0.29, 0.717) is 11.4 Å². The number of furan rings is 1. The Kier molecular flexibility index (Phi) is 3.35. The molecule has 3 aromatic heterocycles. The SMILES string of the molecule is COc1ccc2cc3cc(C(=O)Nc4cccnc4)oc3nc2c1. The predicted octanol–water partition coefficient (Wildman–Crippen LogP) is 3.64. The summed E-state index contributed by atoms with van der Waals surface area (Å²) in [5.74, 6) is 0.571. The molecule has 0 spiro atoms. The van der Waals surface area contributed by atoms with E-state index in [1.165, 1.54) is 0 Å². The molecule has 0 aliphatic rings. The number of fused-ring (bicyclic) bond motifs is 2. The molecule has 118 valence electrons. The van der Waals surface area contributed by atoms with Gasteiger partial charge in [-0.2, -0.15) is 0 Å². The van der Waals surface area contributed by atoms with Gasteiger partial charge < -0.3 is 14.5 Å². The van der Waals surface area contributed by atoms with Gasteiger partial charge in [0.2, 0.25) is 5.71 Å². The molecule has 0 saturated heterocycles. The van der Waals surface area contributed by atoms with Gasteiger partial charge in [-0.3, -0.25) is 9.78 Å². The number of anilines is 1. The Morgan fingerprint density at radius 1 is 1.17 bits per heavy atom. The van der Waals surface area contributed by atoms with Crippen LogP contribution in [0.15, 0.2) is 59.3 Å². The molecular weight excluding hydrogens is 306 g/mol. The highest BCUT2D eigenvalue weighted by molar-refractivity contribution is 6.05. The van der Waals surface area contributed by atoms with Crippen LogP contribution in [0.3, 0.4) is 0 Å². The minimum Gasteiger partial charge on any atom is -0.497 e. The number of nitrogens with zero attached hydrogens (tertiary/aromatic N) is 2. The minimum atomic E-state index is -0.345. The number of hydrogen-bond acceptors (Lipinski definition) is 5. The van der Waals surface area contributed by atoms with Crippen molar-refractivity contribution in [1.29, 1.82) is 0 Å². The summed E-state index contributed by atoms with van der Waals surface area (Å²) in [5, 5.41) is 4.45. The quantitative estimate of drug-likeness (QED) is 0.624. The Bertz CT molecular complexity index is 1040. The van der Waals surface area contributed by atoms with E-state index >= 15 is 0 Å². The Balaban J connectivity index is 1.72. The first-order valence-electron chi connectivity index (χ1n) is 7.33. The fraction of sp³-hybridized carbons (Fsp3) is 0.0556. The van der Waals surface area contributed by atoms with E-state index in [4.69, 9.17) is 9.15 Å². The van der Waals surface area contributed by atoms with Gasteiger partial charge in [-0.1, -0.05) is 0 Å². The van der Waals surface area contributed by atoms with Gasteiger partial charge in [0.1, 0.15) is 5.75 Å². The van der Waals surface area contributed by atoms with Crippen LogP contribution in [0.5, 0.6) is 5.75 Å². The molecule has 0 atom stereocenters. The molecule has 1 aromatic carbocycles. The number of pyridine rings is 2. The van der Waals surface area contributed by atoms with Gasteiger partial charge in [0.05, 0.1) is 24.5 Å². The number of amides is 1. The third-order valence-corrected chi connectivity index (χ3v) is 3.65. The van der Waals surface area contributed by atoms with Crippen LogP contribution in [0.25, 0.3) is 22.0 Å². The average molecular weight is 319 g/mol. The van der Waals surface area contributed by atoms with Crippen LogP contribution in [0.4, 0.5) is 5.69 Å². The number of aromatic nitrogens is 2. The van der Waals surface area contributed by atoms with Crippen LogP contribution < -0.4 is 10.1 Å². The lowest BCUT2D eigenvalue weighted by molar-refractivity contribution is 0.0998. The van der Waals surface area contributed by atoms with Crippen molar-refractivity contribution in [2.75, 3.05) is 12.4 Å². The van der Waals surface area contributed by atoms with E-state index in [-0.39, 0.29) is 11.7 Å². The molecule has 0 aliphatic heterocycles. The summed E-state index contributed by atoms with van der Waals surface area (Å²) >= 11 is 0. The molecule has 3 heterocycles. The van der Waals surface area contributed by atoms with Gasteiger partial charge in [0.25, 0.3) is 5.91 Å². The Hall–Kier alpha value is -3.41. The summed E-state index contributed by atoms with van der Waals surface area (Å²) in [7, 11) is 1.60. The number of ether oxygens (including phenoxy) is 1. The molecule has 4 rings (SSSR count). The second kappa shape index (κ2) is 5.66. The first-order chi connectivity index (χ1) is 11.7. The van der Waals surface area contributed by atoms with Crippen molar-refractivity contribution >= 4 is 33.6 Å². The Morgan fingerprint density at radius 2 is 2.08 bits per heavy atom. The summed E-state index contributed by atoms with van der Waals surface area (Å²) < 4.78 is 10.8. The van der Waals surface area contributed by atoms with Gasteiger partial charge in [-0.05, 0) is 36.4 Å². The first-order valence-corrected chi connectivity index (χ1v) is 7.33. The zero-order valence-electron chi connectivity index (χ0n) is 12.8. The number of carbonyl (C=O) groups is 1. The van der Waals surface area contributed by atoms with Gasteiger partial charge in [-0.25, -0.2) is 4.98 Å². The lowest BCUT2D eigenvalue weighted by atomic mass is 10.2. The van der Waals surface area contributed by atoms with E-state index < -0.39 is 0 Å². The van der Waals surface area contributed by atoms with Gasteiger partial charge in [-0.15, -0.1) is 0 Å². The van der Waals surface area contributed by atoms with Crippen LogP contribution in [-0.2, 0) is 0 Å². The summed E-state index contributed by atoms with van der Waals surface area (Å²) in [6.45, 7) is 0. The third-order valence-electron chi connectivity index (χ3n) is 3.65. The number of benzene rings is 1. The molecule has 4 aromatic rings. The largest absolute Gasteiger partial charge is 0.497 e. The van der Waals surface area contributed by atoms with E-state index in [1.54, 1.807) is 37.7 Å². The molecule has 6 nitrogen and oxygen atoms in total. The zero-order chi connectivity index (χ0) is 16.5. The predicted molar refractivity (Wildman–Crippen MR) is 90.3 cm³/mol. The van der Waals surface area contributed by atoms with Gasteiger partial charge in [0, 0.05) is 23.0 Å². The van der Waals surface area contributed by atoms with Crippen molar-refractivity contribution in [2.24, 2.45) is 0 Å². The smallest absolute Gasteiger partial charge is 0.291 e. The Labute approximate surface area is 137 Å². The topological polar surface area (TPSA) is 77.2 Å². The standard InChI is InChI=1S/C18H13N3O3/c1-23-14-5-4-11-7-12-8-16(24-18(12)21-15(11)9-14)17(22)20-13-3-2-6-19-10-13/h2-10H,1H3,(H,20,22). The van der Waals surface area contributed by atoms with Crippen molar-refractivity contribution < 1.29 is 13.9 Å². The third kappa shape index (κ3) is 2.54. The lowest BCUT2D eigenvalue weighted by Gasteiger charge is -2.01. The maximum atomic E-state index is 12.3. The highest BCUT2D eigenvalue weighted by Gasteiger charge is 2.14. The maximum Gasteiger partial charge on any atom is 0.291 e. The second-order valence-electron chi connectivity index (χ2n) is 5.25. The number of hydrogen-bond donors (Lipinski definition) is 1. The average Bonchev–Trinajstić information content (AvgIpc) is 3.03. The Morgan fingerprint density at radius 3 is 2.88 bits per heavy atom. The fourth-order valence-corrected chi connectivity index (χ4v) is 2.47. The van der Waals surface area contributed by atoms with Crippen LogP contribution in [0.2, 0.25) is 0 Å². The number of carbonyl (C=O) groups excluding carboxylic acids is 1. The highest BCUT2D eigenvalue weighted by Crippen LogP contribution is 2.26. The van der Waals surface area contributed by atoms with E-state index in [0.717, 1.165) is 22.0 Å². The van der Waals surface area contributed by atoms with Crippen LogP contribution >= 0.6 is 0 Å². The summed E-state index contributed by atoms with van der Waals surface area (Å²) in [5.41, 5.74) is 1.76. The summed E-state index contributed by atoms with van der Waals surface area (Å²) in [6, 6.07) is 12.7. The molecule has 6 heteroatoms. The first kappa shape index (κ1) is 14.2. The maximum absolute atomic E-state index is 12.3. The molecule has 0 saturated carbocycles. The van der Waals surface area contributed by atoms with Crippen molar-refractivity contribution in [2.45, 2.75) is 0 Å². The van der Waals surface area contributed by atoms with Crippen molar-refractivity contribution in [1.82, 2.24) is 9.97 Å². The normalized spacial score (nSPS) is 10.9. The number of rotatable bonds is 3. The second-order valence-corrected chi connectivity index (χ2v) is 5.25. The monoisotopic (exact) mass is 319 g/mol. The molecule has 0 fully saturated rings. The number of methoxy groups -OCH3 is 1. The van der Waals surface area contributed by atoms with Gasteiger partial charge in [0.15, 0.2) is 5.76 Å². The van der Waals surface area contributed by atoms with Crippen molar-refractivity contribution in [3.63, 3.8) is 0 Å². The summed E-state index contributed by atoms with van der Waals surface area (Å²) in [6.07, 6.45) is 3.21. The molecule has 0 unspecified atom stereocenters. The molecule has 1 N–H and O–H groups in total. The van der Waals surface area contributed by atoms with E-state index in [9.17, 15) is 4.79 Å². The van der Waals surface area contributed by atoms with Gasteiger partial charge >= 0.3 is 0 Å². The van der Waals surface area contributed by atoms with Crippen LogP contribution in [-0.4, -0.2) is 23.0 Å². The highest BCUT2D eigenvalue weighted by atomic mass is 16.5. The molecule has 1 amide bonds. The summed E-state index contributed by atoms with van der Waals surface area (Å²) in [4.78, 5) is 20.7. The molecule has 0 radical (unpaired) electrons. The number of nitrogens with one attached hydrogen (secondary N) is 1.